The highest BCUT2D eigenvalue weighted by atomic mass is 35.5. The fourth-order valence-electron chi connectivity index (χ4n) is 3.18. The van der Waals surface area contributed by atoms with Gasteiger partial charge in [0.05, 0.1) is 30.2 Å². The Labute approximate surface area is 178 Å². The first-order valence-electron chi connectivity index (χ1n) is 9.17. The number of carbonyl (C=O) groups is 1. The number of rotatable bonds is 5. The van der Waals surface area contributed by atoms with Crippen molar-refractivity contribution in [3.63, 3.8) is 0 Å². The molecule has 2 aromatic carbocycles. The molecule has 0 fully saturated rings. The van der Waals surface area contributed by atoms with E-state index in [-0.39, 0.29) is 6.61 Å². The topological polar surface area (TPSA) is 83.2 Å². The molecule has 0 unspecified atom stereocenters. The second kappa shape index (κ2) is 8.08. The summed E-state index contributed by atoms with van der Waals surface area (Å²) in [6, 6.07) is 12.7. The minimum Gasteiger partial charge on any atom is -0.496 e. The molecule has 4 rings (SSSR count). The van der Waals surface area contributed by atoms with Crippen molar-refractivity contribution in [3.8, 4) is 17.0 Å². The van der Waals surface area contributed by atoms with Crippen molar-refractivity contribution in [2.24, 2.45) is 14.1 Å². The van der Waals surface area contributed by atoms with E-state index in [4.69, 9.17) is 21.1 Å². The third-order valence-corrected chi connectivity index (χ3v) is 5.00. The summed E-state index contributed by atoms with van der Waals surface area (Å²) in [6.45, 7) is 0.0698. The number of ether oxygens (including phenoxy) is 2. The van der Waals surface area contributed by atoms with E-state index in [1.807, 2.05) is 31.3 Å². The number of nitrogens with zero attached hydrogens (tertiary/aromatic N) is 4. The molecule has 2 heterocycles. The van der Waals surface area contributed by atoms with Gasteiger partial charge in [0.25, 0.3) is 0 Å². The van der Waals surface area contributed by atoms with Crippen molar-refractivity contribution in [2.45, 2.75) is 6.61 Å². The average Bonchev–Trinajstić information content (AvgIpc) is 3.28. The van der Waals surface area contributed by atoms with Gasteiger partial charge in [-0.3, -0.25) is 14.7 Å². The summed E-state index contributed by atoms with van der Waals surface area (Å²) in [7, 11) is 5.24. The Morgan fingerprint density at radius 2 is 1.97 bits per heavy atom. The highest BCUT2D eigenvalue weighted by molar-refractivity contribution is 6.30. The van der Waals surface area contributed by atoms with Crippen molar-refractivity contribution in [2.75, 3.05) is 12.4 Å². The molecule has 1 amide bonds. The molecule has 0 bridgehead atoms. The predicted octanol–water partition coefficient (Wildman–Crippen LogP) is 4.38. The third kappa shape index (κ3) is 3.95. The van der Waals surface area contributed by atoms with Gasteiger partial charge in [-0.15, -0.1) is 0 Å². The maximum atomic E-state index is 12.2. The Kier molecular flexibility index (Phi) is 5.33. The number of hydrogen-bond acceptors (Lipinski definition) is 5. The van der Waals surface area contributed by atoms with Crippen molar-refractivity contribution in [1.82, 2.24) is 19.6 Å². The van der Waals surface area contributed by atoms with Gasteiger partial charge in [-0.1, -0.05) is 11.6 Å². The zero-order valence-corrected chi connectivity index (χ0v) is 17.5. The molecule has 8 nitrogen and oxygen atoms in total. The SMILES string of the molecule is COc1cc(Cl)ccc1-c1cc(COC(=O)Nc2ccc3c(cnn3C)c2)n(C)n1. The number of nitrogens with one attached hydrogen (secondary N) is 1. The monoisotopic (exact) mass is 425 g/mol. The molecule has 1 N–H and O–H groups in total. The van der Waals surface area contributed by atoms with Crippen LogP contribution in [0.3, 0.4) is 0 Å². The molecule has 9 heteroatoms. The molecule has 0 saturated heterocycles. The summed E-state index contributed by atoms with van der Waals surface area (Å²) in [4.78, 5) is 12.2. The number of anilines is 1. The number of amides is 1. The molecule has 0 saturated carbocycles. The Morgan fingerprint density at radius 1 is 1.13 bits per heavy atom. The van der Waals surface area contributed by atoms with Crippen LogP contribution in [0.25, 0.3) is 22.2 Å². The average molecular weight is 426 g/mol. The number of aromatic nitrogens is 4. The van der Waals surface area contributed by atoms with E-state index in [0.29, 0.717) is 22.2 Å². The molecule has 0 radical (unpaired) electrons. The van der Waals surface area contributed by atoms with Gasteiger partial charge in [0, 0.05) is 35.8 Å². The Balaban J connectivity index is 1.44. The molecule has 0 aliphatic heterocycles. The lowest BCUT2D eigenvalue weighted by atomic mass is 10.1. The largest absolute Gasteiger partial charge is 0.496 e. The molecule has 0 aliphatic carbocycles. The van der Waals surface area contributed by atoms with Crippen LogP contribution in [0.2, 0.25) is 5.02 Å². The van der Waals surface area contributed by atoms with E-state index in [2.05, 4.69) is 15.5 Å². The molecule has 30 heavy (non-hydrogen) atoms. The van der Waals surface area contributed by atoms with Crippen LogP contribution < -0.4 is 10.1 Å². The standard InChI is InChI=1S/C21H20ClN5O3/c1-26-16(10-18(25-26)17-6-4-14(22)9-20(17)29-3)12-30-21(28)24-15-5-7-19-13(8-15)11-23-27(19)2/h4-11H,12H2,1-3H3,(H,24,28). The van der Waals surface area contributed by atoms with Gasteiger partial charge >= 0.3 is 6.09 Å². The highest BCUT2D eigenvalue weighted by Gasteiger charge is 2.14. The zero-order chi connectivity index (χ0) is 21.3. The van der Waals surface area contributed by atoms with Gasteiger partial charge in [0.2, 0.25) is 0 Å². The summed E-state index contributed by atoms with van der Waals surface area (Å²) < 4.78 is 14.2. The van der Waals surface area contributed by atoms with Crippen LogP contribution in [0.15, 0.2) is 48.7 Å². The predicted molar refractivity (Wildman–Crippen MR) is 115 cm³/mol. The number of hydrogen-bond donors (Lipinski definition) is 1. The van der Waals surface area contributed by atoms with Crippen molar-refractivity contribution >= 4 is 34.3 Å². The minimum atomic E-state index is -0.551. The highest BCUT2D eigenvalue weighted by Crippen LogP contribution is 2.32. The fourth-order valence-corrected chi connectivity index (χ4v) is 3.35. The van der Waals surface area contributed by atoms with E-state index in [1.165, 1.54) is 0 Å². The summed E-state index contributed by atoms with van der Waals surface area (Å²) in [5.74, 6) is 0.622. The molecular formula is C21H20ClN5O3. The molecule has 0 aliphatic rings. The van der Waals surface area contributed by atoms with Crippen LogP contribution in [0.4, 0.5) is 10.5 Å². The zero-order valence-electron chi connectivity index (χ0n) is 16.7. The number of aryl methyl sites for hydroxylation is 2. The molecule has 154 valence electrons. The van der Waals surface area contributed by atoms with Crippen molar-refractivity contribution in [3.05, 3.63) is 59.4 Å². The molecule has 0 atom stereocenters. The van der Waals surface area contributed by atoms with E-state index < -0.39 is 6.09 Å². The lowest BCUT2D eigenvalue weighted by Crippen LogP contribution is -2.14. The summed E-state index contributed by atoms with van der Waals surface area (Å²) >= 11 is 6.03. The number of halogens is 1. The smallest absolute Gasteiger partial charge is 0.412 e. The normalized spacial score (nSPS) is 10.9. The van der Waals surface area contributed by atoms with Crippen LogP contribution in [-0.4, -0.2) is 32.8 Å². The fraction of sp³-hybridized carbons (Fsp3) is 0.190. The summed E-state index contributed by atoms with van der Waals surface area (Å²) in [5, 5.41) is 12.9. The van der Waals surface area contributed by atoms with E-state index in [1.54, 1.807) is 47.9 Å². The first-order valence-corrected chi connectivity index (χ1v) is 9.55. The Bertz CT molecular complexity index is 1230. The lowest BCUT2D eigenvalue weighted by Gasteiger charge is -2.07. The van der Waals surface area contributed by atoms with Gasteiger partial charge < -0.3 is 9.47 Å². The number of methoxy groups -OCH3 is 1. The van der Waals surface area contributed by atoms with Crippen LogP contribution >= 0.6 is 11.6 Å². The van der Waals surface area contributed by atoms with Gasteiger partial charge in [0.1, 0.15) is 12.4 Å². The lowest BCUT2D eigenvalue weighted by molar-refractivity contribution is 0.152. The van der Waals surface area contributed by atoms with Crippen LogP contribution in [0.1, 0.15) is 5.69 Å². The van der Waals surface area contributed by atoms with E-state index >= 15 is 0 Å². The minimum absolute atomic E-state index is 0.0698. The van der Waals surface area contributed by atoms with Crippen LogP contribution in [0, 0.1) is 0 Å². The molecule has 0 spiro atoms. The van der Waals surface area contributed by atoms with Crippen LogP contribution in [0.5, 0.6) is 5.75 Å². The quantitative estimate of drug-likeness (QED) is 0.513. The van der Waals surface area contributed by atoms with Gasteiger partial charge in [-0.2, -0.15) is 10.2 Å². The van der Waals surface area contributed by atoms with Crippen molar-refractivity contribution in [1.29, 1.82) is 0 Å². The summed E-state index contributed by atoms with van der Waals surface area (Å²) in [5.41, 5.74) is 3.86. The number of carbonyl (C=O) groups excluding carboxylic acids is 1. The first-order chi connectivity index (χ1) is 14.4. The van der Waals surface area contributed by atoms with Gasteiger partial charge in [-0.05, 0) is 42.5 Å². The molecular weight excluding hydrogens is 406 g/mol. The third-order valence-electron chi connectivity index (χ3n) is 4.76. The Hall–Kier alpha value is -3.52. The van der Waals surface area contributed by atoms with Crippen molar-refractivity contribution < 1.29 is 14.3 Å². The van der Waals surface area contributed by atoms with Gasteiger partial charge in [0.15, 0.2) is 0 Å². The second-order valence-corrected chi connectivity index (χ2v) is 7.17. The Morgan fingerprint density at radius 3 is 2.77 bits per heavy atom. The number of benzene rings is 2. The second-order valence-electron chi connectivity index (χ2n) is 6.73. The maximum Gasteiger partial charge on any atom is 0.412 e. The molecule has 4 aromatic rings. The first kappa shape index (κ1) is 19.8. The van der Waals surface area contributed by atoms with Gasteiger partial charge in [-0.25, -0.2) is 4.79 Å². The molecule has 2 aromatic heterocycles. The maximum absolute atomic E-state index is 12.2. The van der Waals surface area contributed by atoms with Crippen LogP contribution in [-0.2, 0) is 25.4 Å². The van der Waals surface area contributed by atoms with E-state index in [0.717, 1.165) is 22.2 Å². The van der Waals surface area contributed by atoms with E-state index in [9.17, 15) is 4.79 Å². The summed E-state index contributed by atoms with van der Waals surface area (Å²) in [6.07, 6.45) is 1.19. The number of fused-ring (bicyclic) bond motifs is 1.